The number of azo groups is 2. The van der Waals surface area contributed by atoms with Gasteiger partial charge in [0.2, 0.25) is 12.7 Å². The van der Waals surface area contributed by atoms with Gasteiger partial charge in [0.25, 0.3) is 0 Å². The van der Waals surface area contributed by atoms with Gasteiger partial charge < -0.3 is 9.80 Å². The second kappa shape index (κ2) is 14.2. The van der Waals surface area contributed by atoms with E-state index in [1.807, 2.05) is 56.6 Å². The molecule has 0 aliphatic carbocycles. The van der Waals surface area contributed by atoms with E-state index in [2.05, 4.69) is 92.7 Å². The molecule has 0 saturated carbocycles. The Bertz CT molecular complexity index is 1280. The Morgan fingerprint density at radius 2 is 1.00 bits per heavy atom. The van der Waals surface area contributed by atoms with Gasteiger partial charge in [-0.05, 0) is 92.8 Å². The van der Waals surface area contributed by atoms with E-state index in [-0.39, 0.29) is 0 Å². The Balaban J connectivity index is 1.27. The van der Waals surface area contributed by atoms with Gasteiger partial charge in [0.05, 0.1) is 37.6 Å². The zero-order valence-electron chi connectivity index (χ0n) is 25.1. The quantitative estimate of drug-likeness (QED) is 0.150. The molecule has 12 heteroatoms. The molecule has 0 N–H and O–H groups in total. The van der Waals surface area contributed by atoms with Gasteiger partial charge in [0, 0.05) is 48.8 Å². The highest BCUT2D eigenvalue weighted by Crippen LogP contribution is 2.23. The Hall–Kier alpha value is -4.48. The normalized spacial score (nSPS) is 11.7. The average molecular weight is 559 g/mol. The molecule has 41 heavy (non-hydrogen) atoms. The van der Waals surface area contributed by atoms with E-state index in [0.29, 0.717) is 0 Å². The molecule has 2 aromatic carbocycles. The maximum Gasteiger partial charge on any atom is 0.403 e. The van der Waals surface area contributed by atoms with Crippen LogP contribution in [0.2, 0.25) is 0 Å². The van der Waals surface area contributed by atoms with Crippen molar-refractivity contribution in [3.63, 3.8) is 0 Å². The number of hydrogen-bond donors (Lipinski definition) is 0. The van der Waals surface area contributed by atoms with E-state index in [1.165, 1.54) is 0 Å². The Kier molecular flexibility index (Phi) is 10.2. The van der Waals surface area contributed by atoms with Crippen LogP contribution in [0.3, 0.4) is 0 Å². The fraction of sp³-hybridized carbons (Fsp3) is 0.448. The van der Waals surface area contributed by atoms with Crippen LogP contribution in [0.25, 0.3) is 0 Å². The Morgan fingerprint density at radius 1 is 0.610 bits per heavy atom. The number of benzene rings is 2. The molecule has 0 bridgehead atoms. The number of aromatic nitrogens is 6. The highest BCUT2D eigenvalue weighted by atomic mass is 15.4. The number of rotatable bonds is 14. The number of anilines is 2. The topological polar surface area (TPSA) is 99.3 Å². The zero-order valence-corrected chi connectivity index (χ0v) is 25.1. The minimum Gasteiger partial charge on any atom is -0.375 e. The van der Waals surface area contributed by atoms with Crippen molar-refractivity contribution >= 4 is 34.6 Å². The van der Waals surface area contributed by atoms with Crippen LogP contribution in [0.4, 0.5) is 34.6 Å². The molecule has 0 aliphatic rings. The van der Waals surface area contributed by atoms with Crippen molar-refractivity contribution in [2.45, 2.75) is 60.3 Å². The summed E-state index contributed by atoms with van der Waals surface area (Å²) in [6, 6.07) is 16.4. The maximum atomic E-state index is 4.45. The SMILES string of the molecule is CCn1nc[n+](CC)c1N=Nc1ccc(N(C)CCCN(C)c2ccc(N=Nc3n(CC)nc[n+]3CC)cc2)cc1. The van der Waals surface area contributed by atoms with Gasteiger partial charge in [-0.3, -0.25) is 0 Å². The molecule has 2 aromatic heterocycles. The summed E-state index contributed by atoms with van der Waals surface area (Å²) in [5, 5.41) is 26.5. The van der Waals surface area contributed by atoms with Crippen molar-refractivity contribution in [3.8, 4) is 0 Å². The van der Waals surface area contributed by atoms with Crippen molar-refractivity contribution in [2.75, 3.05) is 37.0 Å². The van der Waals surface area contributed by atoms with Crippen LogP contribution in [0.1, 0.15) is 34.1 Å². The van der Waals surface area contributed by atoms with E-state index >= 15 is 0 Å². The third kappa shape index (κ3) is 7.38. The van der Waals surface area contributed by atoms with Gasteiger partial charge in [-0.2, -0.15) is 0 Å². The molecular weight excluding hydrogens is 516 g/mol. The minimum absolute atomic E-state index is 0.754. The van der Waals surface area contributed by atoms with Gasteiger partial charge in [0.1, 0.15) is 0 Å². The molecule has 12 nitrogen and oxygen atoms in total. The van der Waals surface area contributed by atoms with E-state index in [4.69, 9.17) is 0 Å². The first-order valence-electron chi connectivity index (χ1n) is 14.3. The largest absolute Gasteiger partial charge is 0.403 e. The lowest BCUT2D eigenvalue weighted by molar-refractivity contribution is -0.681. The van der Waals surface area contributed by atoms with Crippen LogP contribution < -0.4 is 18.9 Å². The predicted octanol–water partition coefficient (Wildman–Crippen LogP) is 5.53. The molecule has 0 aliphatic heterocycles. The number of nitrogens with zero attached hydrogens (tertiary/aromatic N) is 12. The minimum atomic E-state index is 0.754. The summed E-state index contributed by atoms with van der Waals surface area (Å²) in [6.45, 7) is 13.2. The van der Waals surface area contributed by atoms with Crippen LogP contribution in [-0.2, 0) is 26.2 Å². The lowest BCUT2D eigenvalue weighted by Gasteiger charge is -2.23. The summed E-state index contributed by atoms with van der Waals surface area (Å²) in [6.07, 6.45) is 4.61. The van der Waals surface area contributed by atoms with Crippen molar-refractivity contribution in [2.24, 2.45) is 20.5 Å². The first-order chi connectivity index (χ1) is 20.0. The first kappa shape index (κ1) is 29.5. The molecule has 0 spiro atoms. The molecular formula is C29H42N12+2. The van der Waals surface area contributed by atoms with Gasteiger partial charge in [-0.15, -0.1) is 9.36 Å². The predicted molar refractivity (Wildman–Crippen MR) is 160 cm³/mol. The van der Waals surface area contributed by atoms with Crippen LogP contribution in [-0.4, -0.2) is 46.7 Å². The maximum absolute atomic E-state index is 4.45. The summed E-state index contributed by atoms with van der Waals surface area (Å²) < 4.78 is 7.66. The highest BCUT2D eigenvalue weighted by molar-refractivity contribution is 5.53. The summed E-state index contributed by atoms with van der Waals surface area (Å²) in [5.41, 5.74) is 3.93. The van der Waals surface area contributed by atoms with E-state index < -0.39 is 0 Å². The number of aryl methyl sites for hydroxylation is 4. The molecule has 216 valence electrons. The van der Waals surface area contributed by atoms with Crippen molar-refractivity contribution in [1.82, 2.24) is 19.6 Å². The average Bonchev–Trinajstić information content (AvgIpc) is 3.61. The summed E-state index contributed by atoms with van der Waals surface area (Å²) in [5.74, 6) is 1.51. The standard InChI is InChI=1S/C29H42N12/c1-7-38-22-30-40(9-3)28(38)34-32-24-12-16-26(17-13-24)36(5)20-11-21-37(6)27-18-14-25(15-19-27)33-35-29-39(8-2)23-31-41(29)10-4/h12-19,22-23H,7-11,20-21H2,1-6H3/q+2. The number of hydrogen-bond acceptors (Lipinski definition) is 8. The Morgan fingerprint density at radius 3 is 1.34 bits per heavy atom. The molecule has 2 heterocycles. The lowest BCUT2D eigenvalue weighted by Crippen LogP contribution is -2.30. The van der Waals surface area contributed by atoms with Crippen LogP contribution >= 0.6 is 0 Å². The fourth-order valence-corrected chi connectivity index (χ4v) is 4.42. The summed E-state index contributed by atoms with van der Waals surface area (Å²) in [4.78, 5) is 4.53. The molecule has 0 unspecified atom stereocenters. The van der Waals surface area contributed by atoms with Gasteiger partial charge in [-0.25, -0.2) is 9.13 Å². The summed E-state index contributed by atoms with van der Waals surface area (Å²) >= 11 is 0. The third-order valence-electron chi connectivity index (χ3n) is 6.99. The van der Waals surface area contributed by atoms with Crippen molar-refractivity contribution in [1.29, 1.82) is 0 Å². The molecule has 0 atom stereocenters. The van der Waals surface area contributed by atoms with E-state index in [1.54, 1.807) is 12.7 Å². The molecule has 4 aromatic rings. The second-order valence-electron chi connectivity index (χ2n) is 9.69. The molecule has 4 rings (SSSR count). The zero-order chi connectivity index (χ0) is 29.2. The Labute approximate surface area is 242 Å². The highest BCUT2D eigenvalue weighted by Gasteiger charge is 2.16. The second-order valence-corrected chi connectivity index (χ2v) is 9.69. The monoisotopic (exact) mass is 558 g/mol. The first-order valence-corrected chi connectivity index (χ1v) is 14.3. The van der Waals surface area contributed by atoms with Crippen molar-refractivity contribution < 1.29 is 9.13 Å². The van der Waals surface area contributed by atoms with Gasteiger partial charge >= 0.3 is 11.9 Å². The molecule has 0 amide bonds. The molecule has 0 radical (unpaired) electrons. The van der Waals surface area contributed by atoms with Gasteiger partial charge in [-0.1, -0.05) is 10.2 Å². The van der Waals surface area contributed by atoms with E-state index in [0.717, 1.165) is 80.3 Å². The lowest BCUT2D eigenvalue weighted by atomic mass is 10.2. The van der Waals surface area contributed by atoms with Crippen molar-refractivity contribution in [3.05, 3.63) is 61.2 Å². The summed E-state index contributed by atoms with van der Waals surface area (Å²) in [7, 11) is 4.24. The fourth-order valence-electron chi connectivity index (χ4n) is 4.42. The molecule has 0 fully saturated rings. The van der Waals surface area contributed by atoms with Crippen LogP contribution in [0.15, 0.2) is 81.6 Å². The van der Waals surface area contributed by atoms with E-state index in [9.17, 15) is 0 Å². The third-order valence-corrected chi connectivity index (χ3v) is 6.99. The van der Waals surface area contributed by atoms with Crippen LogP contribution in [0.5, 0.6) is 0 Å². The van der Waals surface area contributed by atoms with Crippen LogP contribution in [0, 0.1) is 0 Å². The molecule has 0 saturated heterocycles. The smallest absolute Gasteiger partial charge is 0.375 e. The van der Waals surface area contributed by atoms with Gasteiger partial charge in [0.15, 0.2) is 0 Å².